The van der Waals surface area contributed by atoms with E-state index in [4.69, 9.17) is 23.7 Å². The fraction of sp³-hybridized carbons (Fsp3) is 0.278. The Labute approximate surface area is 146 Å². The van der Waals surface area contributed by atoms with Gasteiger partial charge in [0.05, 0.1) is 35.5 Å². The van der Waals surface area contributed by atoms with Gasteiger partial charge in [0.15, 0.2) is 0 Å². The van der Waals surface area contributed by atoms with Gasteiger partial charge in [-0.3, -0.25) is 4.79 Å². The van der Waals surface area contributed by atoms with E-state index in [2.05, 4.69) is 5.32 Å². The van der Waals surface area contributed by atoms with Crippen molar-refractivity contribution in [1.29, 1.82) is 0 Å². The molecule has 0 radical (unpaired) electrons. The highest BCUT2D eigenvalue weighted by atomic mass is 16.5. The van der Waals surface area contributed by atoms with Crippen LogP contribution in [0, 0.1) is 0 Å². The summed E-state index contributed by atoms with van der Waals surface area (Å²) < 4.78 is 26.4. The van der Waals surface area contributed by atoms with Crippen LogP contribution < -0.4 is 29.0 Å². The third-order valence-corrected chi connectivity index (χ3v) is 3.61. The zero-order chi connectivity index (χ0) is 18.4. The molecule has 1 N–H and O–H groups in total. The molecule has 0 saturated heterocycles. The molecule has 0 atom stereocenters. The number of amides is 1. The number of rotatable bonds is 7. The van der Waals surface area contributed by atoms with Crippen molar-refractivity contribution >= 4 is 11.6 Å². The molecule has 0 saturated carbocycles. The summed E-state index contributed by atoms with van der Waals surface area (Å²) in [6, 6.07) is 8.40. The lowest BCUT2D eigenvalue weighted by molar-refractivity contribution is 0.102. The molecule has 0 aliphatic heterocycles. The Hall–Kier alpha value is -3.09. The summed E-state index contributed by atoms with van der Waals surface area (Å²) in [6.07, 6.45) is 0. The summed E-state index contributed by atoms with van der Waals surface area (Å²) in [5, 5.41) is 2.79. The van der Waals surface area contributed by atoms with Gasteiger partial charge in [-0.05, 0) is 12.1 Å². The number of methoxy groups -OCH3 is 5. The average Bonchev–Trinajstić information content (AvgIpc) is 2.66. The maximum absolute atomic E-state index is 12.9. The number of carbonyl (C=O) groups is 1. The third-order valence-electron chi connectivity index (χ3n) is 3.61. The Bertz CT molecular complexity index is 712. The molecule has 0 unspecified atom stereocenters. The fourth-order valence-corrected chi connectivity index (χ4v) is 2.38. The van der Waals surface area contributed by atoms with Crippen molar-refractivity contribution < 1.29 is 28.5 Å². The summed E-state index contributed by atoms with van der Waals surface area (Å²) in [5.41, 5.74) is 0.649. The SMILES string of the molecule is COc1cc(OC)c(NC(=O)c2c(OC)cccc2OC)c(OC)c1. The van der Waals surface area contributed by atoms with E-state index in [1.54, 1.807) is 30.3 Å². The van der Waals surface area contributed by atoms with Gasteiger partial charge in [0.25, 0.3) is 5.91 Å². The Balaban J connectivity index is 2.48. The standard InChI is InChI=1S/C18H21NO6/c1-21-11-9-14(24-4)17(15(10-11)25-5)19-18(20)16-12(22-2)7-6-8-13(16)23-3/h6-10H,1-5H3,(H,19,20). The van der Waals surface area contributed by atoms with E-state index in [1.807, 2.05) is 0 Å². The highest BCUT2D eigenvalue weighted by Crippen LogP contribution is 2.40. The second-order valence-electron chi connectivity index (χ2n) is 4.90. The lowest BCUT2D eigenvalue weighted by Crippen LogP contribution is -2.16. The number of hydrogen-bond donors (Lipinski definition) is 1. The molecule has 0 heterocycles. The molecule has 0 bridgehead atoms. The molecular formula is C18H21NO6. The van der Waals surface area contributed by atoms with Crippen LogP contribution in [-0.4, -0.2) is 41.5 Å². The van der Waals surface area contributed by atoms with Crippen LogP contribution >= 0.6 is 0 Å². The minimum atomic E-state index is -0.420. The molecule has 2 aromatic rings. The predicted octanol–water partition coefficient (Wildman–Crippen LogP) is 2.98. The van der Waals surface area contributed by atoms with Gasteiger partial charge in [0, 0.05) is 12.1 Å². The first kappa shape index (κ1) is 18.3. The van der Waals surface area contributed by atoms with E-state index in [0.717, 1.165) is 0 Å². The predicted molar refractivity (Wildman–Crippen MR) is 93.6 cm³/mol. The molecule has 0 fully saturated rings. The topological polar surface area (TPSA) is 75.3 Å². The molecule has 1 amide bonds. The van der Waals surface area contributed by atoms with Crippen LogP contribution in [0.3, 0.4) is 0 Å². The lowest BCUT2D eigenvalue weighted by Gasteiger charge is -2.17. The van der Waals surface area contributed by atoms with Crippen molar-refractivity contribution in [3.05, 3.63) is 35.9 Å². The summed E-state index contributed by atoms with van der Waals surface area (Å²) in [7, 11) is 7.49. The molecule has 0 aliphatic rings. The minimum absolute atomic E-state index is 0.271. The van der Waals surface area contributed by atoms with E-state index in [-0.39, 0.29) is 5.56 Å². The van der Waals surface area contributed by atoms with Crippen molar-refractivity contribution in [3.8, 4) is 28.7 Å². The van der Waals surface area contributed by atoms with Crippen LogP contribution in [0.25, 0.3) is 0 Å². The number of carbonyl (C=O) groups excluding carboxylic acids is 1. The number of benzene rings is 2. The highest BCUT2D eigenvalue weighted by molar-refractivity contribution is 6.09. The Morgan fingerprint density at radius 3 is 1.64 bits per heavy atom. The number of ether oxygens (including phenoxy) is 5. The van der Waals surface area contributed by atoms with E-state index >= 15 is 0 Å². The minimum Gasteiger partial charge on any atom is -0.496 e. The maximum Gasteiger partial charge on any atom is 0.263 e. The average molecular weight is 347 g/mol. The van der Waals surface area contributed by atoms with Crippen molar-refractivity contribution in [2.24, 2.45) is 0 Å². The number of hydrogen-bond acceptors (Lipinski definition) is 6. The monoisotopic (exact) mass is 347 g/mol. The molecule has 2 aromatic carbocycles. The smallest absolute Gasteiger partial charge is 0.263 e. The van der Waals surface area contributed by atoms with E-state index in [1.165, 1.54) is 35.5 Å². The van der Waals surface area contributed by atoms with Gasteiger partial charge >= 0.3 is 0 Å². The van der Waals surface area contributed by atoms with Crippen molar-refractivity contribution in [3.63, 3.8) is 0 Å². The normalized spacial score (nSPS) is 9.96. The summed E-state index contributed by atoms with van der Waals surface area (Å²) in [6.45, 7) is 0. The van der Waals surface area contributed by atoms with Gasteiger partial charge in [-0.2, -0.15) is 0 Å². The Morgan fingerprint density at radius 2 is 1.24 bits per heavy atom. The van der Waals surface area contributed by atoms with Crippen molar-refractivity contribution in [2.45, 2.75) is 0 Å². The van der Waals surface area contributed by atoms with Crippen LogP contribution in [0.15, 0.2) is 30.3 Å². The first-order valence-corrected chi connectivity index (χ1v) is 7.41. The van der Waals surface area contributed by atoms with Crippen LogP contribution in [-0.2, 0) is 0 Å². The van der Waals surface area contributed by atoms with Crippen LogP contribution in [0.5, 0.6) is 28.7 Å². The fourth-order valence-electron chi connectivity index (χ4n) is 2.38. The molecule has 134 valence electrons. The van der Waals surface area contributed by atoms with Gasteiger partial charge in [-0.25, -0.2) is 0 Å². The highest BCUT2D eigenvalue weighted by Gasteiger charge is 2.22. The first-order valence-electron chi connectivity index (χ1n) is 7.41. The quantitative estimate of drug-likeness (QED) is 0.830. The summed E-state index contributed by atoms with van der Waals surface area (Å²) >= 11 is 0. The van der Waals surface area contributed by atoms with Gasteiger partial charge < -0.3 is 29.0 Å². The van der Waals surface area contributed by atoms with Crippen LogP contribution in [0.4, 0.5) is 5.69 Å². The lowest BCUT2D eigenvalue weighted by atomic mass is 10.1. The second-order valence-corrected chi connectivity index (χ2v) is 4.90. The summed E-state index contributed by atoms with van der Waals surface area (Å²) in [5.74, 6) is 1.71. The molecule has 7 heteroatoms. The largest absolute Gasteiger partial charge is 0.496 e. The van der Waals surface area contributed by atoms with Crippen molar-refractivity contribution in [2.75, 3.05) is 40.9 Å². The molecule has 25 heavy (non-hydrogen) atoms. The third kappa shape index (κ3) is 3.71. The van der Waals surface area contributed by atoms with E-state index < -0.39 is 5.91 Å². The van der Waals surface area contributed by atoms with E-state index in [0.29, 0.717) is 34.4 Å². The van der Waals surface area contributed by atoms with E-state index in [9.17, 15) is 4.79 Å². The molecule has 2 rings (SSSR count). The number of anilines is 1. The summed E-state index contributed by atoms with van der Waals surface area (Å²) in [4.78, 5) is 12.9. The zero-order valence-electron chi connectivity index (χ0n) is 14.8. The second kappa shape index (κ2) is 8.14. The van der Waals surface area contributed by atoms with Crippen molar-refractivity contribution in [1.82, 2.24) is 0 Å². The maximum atomic E-state index is 12.9. The molecule has 0 spiro atoms. The molecule has 0 aliphatic carbocycles. The van der Waals surface area contributed by atoms with Gasteiger partial charge in [0.1, 0.15) is 40.0 Å². The first-order chi connectivity index (χ1) is 12.1. The van der Waals surface area contributed by atoms with Gasteiger partial charge in [-0.15, -0.1) is 0 Å². The molecule has 7 nitrogen and oxygen atoms in total. The number of nitrogens with one attached hydrogen (secondary N) is 1. The Morgan fingerprint density at radius 1 is 0.760 bits per heavy atom. The Kier molecular flexibility index (Phi) is 5.94. The van der Waals surface area contributed by atoms with Crippen LogP contribution in [0.1, 0.15) is 10.4 Å². The van der Waals surface area contributed by atoms with Gasteiger partial charge in [0.2, 0.25) is 0 Å². The van der Waals surface area contributed by atoms with Crippen LogP contribution in [0.2, 0.25) is 0 Å². The molecule has 0 aromatic heterocycles. The zero-order valence-corrected chi connectivity index (χ0v) is 14.8. The molecular weight excluding hydrogens is 326 g/mol. The van der Waals surface area contributed by atoms with Gasteiger partial charge in [-0.1, -0.05) is 6.07 Å².